The van der Waals surface area contributed by atoms with Gasteiger partial charge in [-0.15, -0.1) is 0 Å². The molecule has 2 aromatic heterocycles. The molecule has 0 atom stereocenters. The zero-order chi connectivity index (χ0) is 17.0. The van der Waals surface area contributed by atoms with Gasteiger partial charge in [0.2, 0.25) is 5.65 Å². The predicted octanol–water partition coefficient (Wildman–Crippen LogP) is 1.57. The zero-order valence-corrected chi connectivity index (χ0v) is 12.2. The molecule has 3 heterocycles. The van der Waals surface area contributed by atoms with Crippen molar-refractivity contribution in [2.24, 2.45) is 0 Å². The van der Waals surface area contributed by atoms with E-state index in [9.17, 15) is 13.2 Å². The quantitative estimate of drug-likeness (QED) is 0.819. The highest BCUT2D eigenvalue weighted by molar-refractivity contribution is 5.73. The van der Waals surface area contributed by atoms with E-state index >= 15 is 0 Å². The minimum atomic E-state index is -5.08. The lowest BCUT2D eigenvalue weighted by Crippen LogP contribution is -2.43. The molecule has 1 fully saturated rings. The first-order chi connectivity index (χ1) is 10.8. The first-order valence-corrected chi connectivity index (χ1v) is 6.77. The third-order valence-corrected chi connectivity index (χ3v) is 3.01. The molecule has 3 rings (SSSR count). The number of aryl methyl sites for hydroxylation is 1. The van der Waals surface area contributed by atoms with Crippen LogP contribution in [0.2, 0.25) is 0 Å². The minimum absolute atomic E-state index is 0.689. The minimum Gasteiger partial charge on any atom is -0.475 e. The van der Waals surface area contributed by atoms with Crippen LogP contribution in [-0.2, 0) is 4.79 Å². The molecule has 7 nitrogen and oxygen atoms in total. The highest BCUT2D eigenvalue weighted by atomic mass is 19.4. The van der Waals surface area contributed by atoms with E-state index in [0.717, 1.165) is 37.5 Å². The molecule has 10 heteroatoms. The number of carbonyl (C=O) groups is 1. The summed E-state index contributed by atoms with van der Waals surface area (Å²) in [5, 5.41) is 10.4. The third kappa shape index (κ3) is 4.55. The maximum absolute atomic E-state index is 10.6. The maximum atomic E-state index is 10.6. The molecule has 0 aliphatic carbocycles. The molecule has 0 aromatic carbocycles. The second-order valence-corrected chi connectivity index (χ2v) is 4.81. The molecule has 1 aliphatic rings. The summed E-state index contributed by atoms with van der Waals surface area (Å²) < 4.78 is 37.4. The molecule has 23 heavy (non-hydrogen) atoms. The van der Waals surface area contributed by atoms with Gasteiger partial charge in [0.15, 0.2) is 5.58 Å². The number of nitrogens with zero attached hydrogens (tertiary/aromatic N) is 3. The van der Waals surface area contributed by atoms with E-state index in [1.54, 1.807) is 0 Å². The lowest BCUT2D eigenvalue weighted by Gasteiger charge is -2.25. The van der Waals surface area contributed by atoms with Gasteiger partial charge in [0.25, 0.3) is 6.01 Å². The van der Waals surface area contributed by atoms with Gasteiger partial charge >= 0.3 is 12.1 Å². The van der Waals surface area contributed by atoms with Crippen LogP contribution in [0.4, 0.5) is 19.2 Å². The number of alkyl halides is 3. The van der Waals surface area contributed by atoms with E-state index in [1.165, 1.54) is 0 Å². The number of aromatic nitrogens is 2. The Balaban J connectivity index is 0.000000236. The number of pyridine rings is 1. The Kier molecular flexibility index (Phi) is 5.04. The number of hydrogen-bond donors (Lipinski definition) is 2. The molecule has 1 saturated heterocycles. The summed E-state index contributed by atoms with van der Waals surface area (Å²) in [6.07, 6.45) is -5.08. The normalized spacial score (nSPS) is 15.2. The van der Waals surface area contributed by atoms with Crippen LogP contribution in [0, 0.1) is 6.92 Å². The lowest BCUT2D eigenvalue weighted by atomic mass is 10.4. The average Bonchev–Trinajstić information content (AvgIpc) is 2.91. The van der Waals surface area contributed by atoms with E-state index in [1.807, 2.05) is 19.1 Å². The molecular weight excluding hydrogens is 317 g/mol. The maximum Gasteiger partial charge on any atom is 0.490 e. The van der Waals surface area contributed by atoms with Crippen LogP contribution in [0.5, 0.6) is 0 Å². The third-order valence-electron chi connectivity index (χ3n) is 3.01. The first kappa shape index (κ1) is 17.0. The number of nitrogens with one attached hydrogen (secondary N) is 1. The van der Waals surface area contributed by atoms with Crippen molar-refractivity contribution >= 4 is 23.2 Å². The van der Waals surface area contributed by atoms with Gasteiger partial charge in [-0.05, 0) is 19.1 Å². The Hall–Kier alpha value is -2.36. The molecule has 0 bridgehead atoms. The summed E-state index contributed by atoms with van der Waals surface area (Å²) in [4.78, 5) is 19.8. The Bertz CT molecular complexity index is 681. The highest BCUT2D eigenvalue weighted by Gasteiger charge is 2.38. The zero-order valence-electron chi connectivity index (χ0n) is 12.2. The summed E-state index contributed by atoms with van der Waals surface area (Å²) in [6.45, 7) is 5.78. The van der Waals surface area contributed by atoms with Crippen LogP contribution in [0.3, 0.4) is 0 Å². The predicted molar refractivity (Wildman–Crippen MR) is 75.3 cm³/mol. The van der Waals surface area contributed by atoms with Gasteiger partial charge in [0.1, 0.15) is 0 Å². The van der Waals surface area contributed by atoms with E-state index in [-0.39, 0.29) is 0 Å². The van der Waals surface area contributed by atoms with Gasteiger partial charge in [-0.1, -0.05) is 0 Å². The number of oxazole rings is 1. The molecule has 0 radical (unpaired) electrons. The fourth-order valence-electron chi connectivity index (χ4n) is 1.89. The number of carboxylic acid groups (broad SMARTS) is 1. The van der Waals surface area contributed by atoms with Crippen LogP contribution >= 0.6 is 0 Å². The van der Waals surface area contributed by atoms with Crippen LogP contribution in [0.15, 0.2) is 16.5 Å². The van der Waals surface area contributed by atoms with Crippen LogP contribution in [-0.4, -0.2) is 53.4 Å². The van der Waals surface area contributed by atoms with E-state index < -0.39 is 12.1 Å². The Morgan fingerprint density at radius 1 is 1.30 bits per heavy atom. The molecule has 0 saturated carbocycles. The van der Waals surface area contributed by atoms with E-state index in [2.05, 4.69) is 20.2 Å². The van der Waals surface area contributed by atoms with Crippen LogP contribution in [0.1, 0.15) is 5.69 Å². The lowest BCUT2D eigenvalue weighted by molar-refractivity contribution is -0.192. The van der Waals surface area contributed by atoms with Crippen LogP contribution < -0.4 is 10.2 Å². The topological polar surface area (TPSA) is 91.5 Å². The fourth-order valence-corrected chi connectivity index (χ4v) is 1.89. The number of halogens is 3. The molecule has 126 valence electrons. The van der Waals surface area contributed by atoms with Gasteiger partial charge in [0.05, 0.1) is 0 Å². The highest BCUT2D eigenvalue weighted by Crippen LogP contribution is 2.20. The Morgan fingerprint density at radius 2 is 1.91 bits per heavy atom. The van der Waals surface area contributed by atoms with Gasteiger partial charge < -0.3 is 19.7 Å². The summed E-state index contributed by atoms with van der Waals surface area (Å²) in [5.41, 5.74) is 2.43. The second kappa shape index (κ2) is 6.82. The van der Waals surface area contributed by atoms with Crippen molar-refractivity contribution in [1.82, 2.24) is 15.3 Å². The first-order valence-electron chi connectivity index (χ1n) is 6.77. The number of fused-ring (bicyclic) bond motifs is 1. The number of piperazine rings is 1. The molecule has 1 aliphatic heterocycles. The van der Waals surface area contributed by atoms with Crippen molar-refractivity contribution in [3.63, 3.8) is 0 Å². The largest absolute Gasteiger partial charge is 0.490 e. The van der Waals surface area contributed by atoms with Gasteiger partial charge in [-0.2, -0.15) is 18.2 Å². The Morgan fingerprint density at radius 3 is 2.48 bits per heavy atom. The molecule has 2 N–H and O–H groups in total. The van der Waals surface area contributed by atoms with Gasteiger partial charge in [-0.3, -0.25) is 0 Å². The van der Waals surface area contributed by atoms with Crippen molar-refractivity contribution in [3.05, 3.63) is 17.8 Å². The summed E-state index contributed by atoms with van der Waals surface area (Å²) in [6, 6.07) is 4.56. The number of carboxylic acids is 1. The summed E-state index contributed by atoms with van der Waals surface area (Å²) >= 11 is 0. The van der Waals surface area contributed by atoms with Crippen molar-refractivity contribution in [2.75, 3.05) is 31.1 Å². The van der Waals surface area contributed by atoms with Crippen molar-refractivity contribution in [1.29, 1.82) is 0 Å². The SMILES string of the molecule is Cc1ccc2oc(N3CCNCC3)nc2n1.O=C(O)C(F)(F)F. The number of aliphatic carboxylic acids is 1. The molecule has 0 amide bonds. The second-order valence-electron chi connectivity index (χ2n) is 4.81. The summed E-state index contributed by atoms with van der Waals surface area (Å²) in [7, 11) is 0. The van der Waals surface area contributed by atoms with E-state index in [4.69, 9.17) is 14.3 Å². The molecule has 0 spiro atoms. The molecule has 2 aromatic rings. The standard InChI is InChI=1S/C11H14N4O.C2HF3O2/c1-8-2-3-9-10(13-8)14-11(16-9)15-6-4-12-5-7-15;3-2(4,5)1(6)7/h2-3,12H,4-7H2,1H3;(H,6,7). The van der Waals surface area contributed by atoms with Gasteiger partial charge in [-0.25, -0.2) is 9.78 Å². The average molecular weight is 332 g/mol. The van der Waals surface area contributed by atoms with Crippen molar-refractivity contribution in [3.8, 4) is 0 Å². The molecule has 0 unspecified atom stereocenters. The summed E-state index contributed by atoms with van der Waals surface area (Å²) in [5.74, 6) is -2.76. The van der Waals surface area contributed by atoms with E-state index in [0.29, 0.717) is 11.7 Å². The van der Waals surface area contributed by atoms with Crippen molar-refractivity contribution in [2.45, 2.75) is 13.1 Å². The number of hydrogen-bond acceptors (Lipinski definition) is 6. The van der Waals surface area contributed by atoms with Gasteiger partial charge in [0, 0.05) is 31.9 Å². The number of rotatable bonds is 1. The fraction of sp³-hybridized carbons (Fsp3) is 0.462. The monoisotopic (exact) mass is 332 g/mol. The Labute approximate surface area is 129 Å². The van der Waals surface area contributed by atoms with Crippen LogP contribution in [0.25, 0.3) is 11.2 Å². The van der Waals surface area contributed by atoms with Crippen molar-refractivity contribution < 1.29 is 27.5 Å². The number of anilines is 1. The smallest absolute Gasteiger partial charge is 0.475 e. The molecular formula is C13H15F3N4O3.